The first-order chi connectivity index (χ1) is 11.6. The number of para-hydroxylation sites is 2. The lowest BCUT2D eigenvalue weighted by molar-refractivity contribution is 0.716. The maximum absolute atomic E-state index is 12.2. The molecule has 3 rings (SSSR count). The summed E-state index contributed by atoms with van der Waals surface area (Å²) in [6.07, 6.45) is 0. The predicted molar refractivity (Wildman–Crippen MR) is 102 cm³/mol. The fraction of sp³-hybridized carbons (Fsp3) is 0.250. The van der Waals surface area contributed by atoms with Crippen LogP contribution in [0.25, 0.3) is 10.9 Å². The Hall–Kier alpha value is -2.75. The van der Waals surface area contributed by atoms with Gasteiger partial charge in [-0.05, 0) is 25.1 Å². The van der Waals surface area contributed by atoms with E-state index < -0.39 is 0 Å². The number of anilines is 2. The maximum Gasteiger partial charge on any atom is 0.252 e. The van der Waals surface area contributed by atoms with Gasteiger partial charge in [-0.1, -0.05) is 36.4 Å². The van der Waals surface area contributed by atoms with E-state index in [1.807, 2.05) is 42.5 Å². The molecule has 1 N–H and O–H groups in total. The van der Waals surface area contributed by atoms with E-state index in [2.05, 4.69) is 36.3 Å². The molecule has 24 heavy (non-hydrogen) atoms. The Bertz CT molecular complexity index is 886. The fourth-order valence-corrected chi connectivity index (χ4v) is 2.87. The standard InChI is InChI=1S/C20H23N3O/c1-15(22(2)16-9-5-4-6-10-16)14-21-18-13-20(24)23(3)19-12-8-7-11-17(18)19/h4-13,15,21H,14H2,1-3H3. The van der Waals surface area contributed by atoms with E-state index >= 15 is 0 Å². The molecule has 0 aliphatic rings. The highest BCUT2D eigenvalue weighted by atomic mass is 16.1. The molecule has 0 spiro atoms. The highest BCUT2D eigenvalue weighted by molar-refractivity contribution is 5.91. The van der Waals surface area contributed by atoms with E-state index in [-0.39, 0.29) is 11.6 Å². The van der Waals surface area contributed by atoms with Gasteiger partial charge < -0.3 is 14.8 Å². The first kappa shape index (κ1) is 16.1. The number of hydrogen-bond donors (Lipinski definition) is 1. The molecule has 4 heteroatoms. The van der Waals surface area contributed by atoms with Crippen molar-refractivity contribution in [2.45, 2.75) is 13.0 Å². The molecule has 0 saturated heterocycles. The van der Waals surface area contributed by atoms with E-state index in [4.69, 9.17) is 0 Å². The van der Waals surface area contributed by atoms with Crippen LogP contribution >= 0.6 is 0 Å². The number of fused-ring (bicyclic) bond motifs is 1. The molecule has 0 aliphatic carbocycles. The number of rotatable bonds is 5. The van der Waals surface area contributed by atoms with Crippen molar-refractivity contribution < 1.29 is 0 Å². The number of nitrogens with one attached hydrogen (secondary N) is 1. The topological polar surface area (TPSA) is 37.3 Å². The van der Waals surface area contributed by atoms with E-state index in [0.29, 0.717) is 0 Å². The average molecular weight is 321 g/mol. The van der Waals surface area contributed by atoms with Crippen molar-refractivity contribution in [2.75, 3.05) is 23.8 Å². The van der Waals surface area contributed by atoms with Crippen LogP contribution in [0, 0.1) is 0 Å². The molecule has 0 saturated carbocycles. The molecule has 0 amide bonds. The summed E-state index contributed by atoms with van der Waals surface area (Å²) in [6.45, 7) is 2.92. The summed E-state index contributed by atoms with van der Waals surface area (Å²) in [5.74, 6) is 0. The molecule has 1 unspecified atom stereocenters. The summed E-state index contributed by atoms with van der Waals surface area (Å²) in [4.78, 5) is 14.4. The summed E-state index contributed by atoms with van der Waals surface area (Å²) < 4.78 is 1.68. The Morgan fingerprint density at radius 2 is 1.75 bits per heavy atom. The third-order valence-corrected chi connectivity index (χ3v) is 4.57. The first-order valence-electron chi connectivity index (χ1n) is 8.18. The molecule has 1 atom stereocenters. The van der Waals surface area contributed by atoms with Gasteiger partial charge in [0.05, 0.1) is 5.52 Å². The van der Waals surface area contributed by atoms with E-state index in [0.717, 1.165) is 23.1 Å². The summed E-state index contributed by atoms with van der Waals surface area (Å²) in [6, 6.07) is 20.2. The smallest absolute Gasteiger partial charge is 0.252 e. The number of hydrogen-bond acceptors (Lipinski definition) is 3. The molecule has 1 aromatic heterocycles. The van der Waals surface area contributed by atoms with Gasteiger partial charge >= 0.3 is 0 Å². The first-order valence-corrected chi connectivity index (χ1v) is 8.18. The molecule has 3 aromatic rings. The van der Waals surface area contributed by atoms with Gasteiger partial charge in [0.15, 0.2) is 0 Å². The second-order valence-electron chi connectivity index (χ2n) is 6.15. The van der Waals surface area contributed by atoms with Crippen LogP contribution in [0.3, 0.4) is 0 Å². The summed E-state index contributed by atoms with van der Waals surface area (Å²) >= 11 is 0. The van der Waals surface area contributed by atoms with Gasteiger partial charge in [0, 0.05) is 49.5 Å². The Balaban J connectivity index is 1.81. The van der Waals surface area contributed by atoms with Crippen LogP contribution in [0.2, 0.25) is 0 Å². The van der Waals surface area contributed by atoms with E-state index in [1.54, 1.807) is 17.7 Å². The van der Waals surface area contributed by atoms with Crippen molar-refractivity contribution in [2.24, 2.45) is 7.05 Å². The summed E-state index contributed by atoms with van der Waals surface area (Å²) in [5, 5.41) is 4.52. The molecule has 0 radical (unpaired) electrons. The highest BCUT2D eigenvalue weighted by Crippen LogP contribution is 2.21. The van der Waals surface area contributed by atoms with Crippen LogP contribution in [0.4, 0.5) is 11.4 Å². The maximum atomic E-state index is 12.2. The average Bonchev–Trinajstić information content (AvgIpc) is 2.63. The number of pyridine rings is 1. The quantitative estimate of drug-likeness (QED) is 0.782. The zero-order valence-electron chi connectivity index (χ0n) is 14.4. The van der Waals surface area contributed by atoms with Crippen molar-refractivity contribution in [1.29, 1.82) is 0 Å². The zero-order chi connectivity index (χ0) is 17.1. The molecule has 0 aliphatic heterocycles. The number of aryl methyl sites for hydroxylation is 1. The van der Waals surface area contributed by atoms with Crippen molar-refractivity contribution >= 4 is 22.3 Å². The largest absolute Gasteiger partial charge is 0.382 e. The molecule has 0 bridgehead atoms. The number of aromatic nitrogens is 1. The normalized spacial score (nSPS) is 12.1. The Morgan fingerprint density at radius 3 is 2.50 bits per heavy atom. The van der Waals surface area contributed by atoms with E-state index in [1.165, 1.54) is 5.69 Å². The third-order valence-electron chi connectivity index (χ3n) is 4.57. The summed E-state index contributed by atoms with van der Waals surface area (Å²) in [5.41, 5.74) is 3.01. The third kappa shape index (κ3) is 3.13. The molecule has 0 fully saturated rings. The van der Waals surface area contributed by atoms with Crippen molar-refractivity contribution in [3.63, 3.8) is 0 Å². The fourth-order valence-electron chi connectivity index (χ4n) is 2.87. The minimum atomic E-state index is 0.000247. The van der Waals surface area contributed by atoms with Crippen molar-refractivity contribution in [3.8, 4) is 0 Å². The second-order valence-corrected chi connectivity index (χ2v) is 6.15. The minimum Gasteiger partial charge on any atom is -0.382 e. The lowest BCUT2D eigenvalue weighted by Crippen LogP contribution is -2.35. The Morgan fingerprint density at radius 1 is 1.08 bits per heavy atom. The zero-order valence-corrected chi connectivity index (χ0v) is 14.4. The van der Waals surface area contributed by atoms with Crippen LogP contribution in [0.5, 0.6) is 0 Å². The van der Waals surface area contributed by atoms with Crippen LogP contribution < -0.4 is 15.8 Å². The van der Waals surface area contributed by atoms with Gasteiger partial charge in [-0.25, -0.2) is 0 Å². The van der Waals surface area contributed by atoms with Gasteiger partial charge in [-0.2, -0.15) is 0 Å². The molecule has 1 heterocycles. The van der Waals surface area contributed by atoms with Gasteiger partial charge in [0.2, 0.25) is 0 Å². The lowest BCUT2D eigenvalue weighted by atomic mass is 10.1. The Labute approximate surface area is 142 Å². The second kappa shape index (κ2) is 6.79. The number of nitrogens with zero attached hydrogens (tertiary/aromatic N) is 2. The lowest BCUT2D eigenvalue weighted by Gasteiger charge is -2.27. The molecular formula is C20H23N3O. The van der Waals surface area contributed by atoms with Crippen molar-refractivity contribution in [1.82, 2.24) is 4.57 Å². The monoisotopic (exact) mass is 321 g/mol. The number of likely N-dealkylation sites (N-methyl/N-ethyl adjacent to an activating group) is 1. The van der Waals surface area contributed by atoms with E-state index in [9.17, 15) is 4.79 Å². The van der Waals surface area contributed by atoms with Gasteiger partial charge in [-0.15, -0.1) is 0 Å². The van der Waals surface area contributed by atoms with Crippen LogP contribution in [-0.4, -0.2) is 24.2 Å². The van der Waals surface area contributed by atoms with Gasteiger partial charge in [0.25, 0.3) is 5.56 Å². The molecule has 124 valence electrons. The SMILES string of the molecule is CC(CNc1cc(=O)n(C)c2ccccc12)N(C)c1ccccc1. The molecular weight excluding hydrogens is 298 g/mol. The van der Waals surface area contributed by atoms with Gasteiger partial charge in [-0.3, -0.25) is 4.79 Å². The predicted octanol–water partition coefficient (Wildman–Crippen LogP) is 3.48. The van der Waals surface area contributed by atoms with Crippen molar-refractivity contribution in [3.05, 3.63) is 71.0 Å². The molecule has 2 aromatic carbocycles. The summed E-state index contributed by atoms with van der Waals surface area (Å²) in [7, 11) is 3.89. The Kier molecular flexibility index (Phi) is 4.56. The van der Waals surface area contributed by atoms with Crippen LogP contribution in [0.15, 0.2) is 65.5 Å². The minimum absolute atomic E-state index is 0.000247. The highest BCUT2D eigenvalue weighted by Gasteiger charge is 2.11. The molecule has 4 nitrogen and oxygen atoms in total. The van der Waals surface area contributed by atoms with Crippen LogP contribution in [-0.2, 0) is 7.05 Å². The van der Waals surface area contributed by atoms with Crippen LogP contribution in [0.1, 0.15) is 6.92 Å². The van der Waals surface area contributed by atoms with Gasteiger partial charge in [0.1, 0.15) is 0 Å². The number of benzene rings is 2.